The summed E-state index contributed by atoms with van der Waals surface area (Å²) >= 11 is 0. The van der Waals surface area contributed by atoms with Crippen LogP contribution in [0.2, 0.25) is 0 Å². The van der Waals surface area contributed by atoms with Gasteiger partial charge in [-0.25, -0.2) is 0 Å². The van der Waals surface area contributed by atoms with Crippen LogP contribution in [0.15, 0.2) is 0 Å². The quantitative estimate of drug-likeness (QED) is 0.446. The second kappa shape index (κ2) is 1.66. The van der Waals surface area contributed by atoms with Crippen molar-refractivity contribution in [3.8, 4) is 0 Å². The van der Waals surface area contributed by atoms with Gasteiger partial charge in [-0.2, -0.15) is 0 Å². The van der Waals surface area contributed by atoms with Crippen molar-refractivity contribution in [1.82, 2.24) is 0 Å². The summed E-state index contributed by atoms with van der Waals surface area (Å²) < 4.78 is 0. The molecule has 0 aromatic heterocycles. The largest absolute Gasteiger partial charge is 0.144 e. The van der Waals surface area contributed by atoms with Crippen molar-refractivity contribution in [1.29, 1.82) is 0 Å². The SMILES string of the molecule is [CH+]1CC2CC1C1[CH+]CCC21. The van der Waals surface area contributed by atoms with Gasteiger partial charge in [0.1, 0.15) is 11.8 Å². The zero-order valence-electron chi connectivity index (χ0n) is 6.29. The zero-order valence-corrected chi connectivity index (χ0v) is 6.29. The number of fused-ring (bicyclic) bond motifs is 5. The van der Waals surface area contributed by atoms with Crippen LogP contribution in [0.4, 0.5) is 0 Å². The smallest absolute Gasteiger partial charge is 0.00467 e. The molecular formula is C10H14+2. The number of hydrogen-bond acceptors (Lipinski definition) is 0. The molecule has 3 aliphatic rings. The third kappa shape index (κ3) is 0.492. The highest BCUT2D eigenvalue weighted by Gasteiger charge is 2.59. The standard InChI is InChI=1S/C10H14/c1-2-9-7-4-5-8(6-7)10(9)3-1/h2,4,7-10H,1,3,5-6H2/q+2. The van der Waals surface area contributed by atoms with Gasteiger partial charge in [-0.1, -0.05) is 0 Å². The van der Waals surface area contributed by atoms with Gasteiger partial charge in [0.25, 0.3) is 0 Å². The van der Waals surface area contributed by atoms with Crippen molar-refractivity contribution in [2.24, 2.45) is 23.7 Å². The summed E-state index contributed by atoms with van der Waals surface area (Å²) in [6.45, 7) is 0. The molecular weight excluding hydrogens is 120 g/mol. The number of rotatable bonds is 0. The molecule has 0 heterocycles. The Bertz CT molecular complexity index is 134. The van der Waals surface area contributed by atoms with E-state index in [1.807, 2.05) is 0 Å². The van der Waals surface area contributed by atoms with Gasteiger partial charge < -0.3 is 0 Å². The molecule has 3 fully saturated rings. The van der Waals surface area contributed by atoms with Gasteiger partial charge in [-0.3, -0.25) is 0 Å². The van der Waals surface area contributed by atoms with E-state index in [9.17, 15) is 0 Å². The summed E-state index contributed by atoms with van der Waals surface area (Å²) in [5.41, 5.74) is 0. The Morgan fingerprint density at radius 1 is 1.20 bits per heavy atom. The molecule has 0 aromatic rings. The van der Waals surface area contributed by atoms with Crippen LogP contribution in [-0.4, -0.2) is 0 Å². The minimum absolute atomic E-state index is 1.01. The van der Waals surface area contributed by atoms with Crippen LogP contribution < -0.4 is 0 Å². The summed E-state index contributed by atoms with van der Waals surface area (Å²) in [6.07, 6.45) is 11.1. The van der Waals surface area contributed by atoms with Gasteiger partial charge in [0.05, 0.1) is 25.7 Å². The monoisotopic (exact) mass is 134 g/mol. The van der Waals surface area contributed by atoms with E-state index in [1.165, 1.54) is 25.7 Å². The van der Waals surface area contributed by atoms with E-state index in [4.69, 9.17) is 0 Å². The minimum atomic E-state index is 1.01. The summed E-state index contributed by atoms with van der Waals surface area (Å²) in [5.74, 6) is 4.26. The zero-order chi connectivity index (χ0) is 6.55. The lowest BCUT2D eigenvalue weighted by molar-refractivity contribution is 0.322. The van der Waals surface area contributed by atoms with Crippen LogP contribution in [0, 0.1) is 36.5 Å². The Labute approximate surface area is 63.0 Å². The molecule has 3 saturated carbocycles. The van der Waals surface area contributed by atoms with Crippen LogP contribution in [0.3, 0.4) is 0 Å². The Balaban J connectivity index is 1.92. The fourth-order valence-electron chi connectivity index (χ4n) is 3.45. The molecule has 10 heavy (non-hydrogen) atoms. The van der Waals surface area contributed by atoms with Crippen LogP contribution in [-0.2, 0) is 0 Å². The fraction of sp³-hybridized carbons (Fsp3) is 0.800. The average molecular weight is 134 g/mol. The molecule has 0 heteroatoms. The van der Waals surface area contributed by atoms with Gasteiger partial charge in [-0.05, 0) is 6.42 Å². The highest BCUT2D eigenvalue weighted by Crippen LogP contribution is 2.57. The lowest BCUT2D eigenvalue weighted by atomic mass is 9.82. The first-order valence-corrected chi connectivity index (χ1v) is 4.62. The molecule has 4 unspecified atom stereocenters. The maximum Gasteiger partial charge on any atom is 0.144 e. The van der Waals surface area contributed by atoms with Gasteiger partial charge in [0.15, 0.2) is 0 Å². The van der Waals surface area contributed by atoms with E-state index in [1.54, 1.807) is 0 Å². The highest BCUT2D eigenvalue weighted by atomic mass is 14.5. The van der Waals surface area contributed by atoms with Crippen molar-refractivity contribution in [2.75, 3.05) is 0 Å². The second-order valence-electron chi connectivity index (χ2n) is 4.19. The first-order chi connectivity index (χ1) is 4.95. The molecule has 0 saturated heterocycles. The second-order valence-corrected chi connectivity index (χ2v) is 4.19. The van der Waals surface area contributed by atoms with Crippen molar-refractivity contribution < 1.29 is 0 Å². The van der Waals surface area contributed by atoms with E-state index < -0.39 is 0 Å². The van der Waals surface area contributed by atoms with Crippen LogP contribution in [0.1, 0.15) is 25.7 Å². The maximum absolute atomic E-state index is 2.59. The van der Waals surface area contributed by atoms with Gasteiger partial charge in [-0.15, -0.1) is 0 Å². The van der Waals surface area contributed by atoms with Crippen LogP contribution >= 0.6 is 0 Å². The summed E-state index contributed by atoms with van der Waals surface area (Å²) in [7, 11) is 0. The molecule has 0 N–H and O–H groups in total. The van der Waals surface area contributed by atoms with Gasteiger partial charge >= 0.3 is 0 Å². The van der Waals surface area contributed by atoms with Crippen molar-refractivity contribution >= 4 is 0 Å². The highest BCUT2D eigenvalue weighted by molar-refractivity contribution is 5.11. The Hall–Kier alpha value is -0.260. The van der Waals surface area contributed by atoms with Crippen molar-refractivity contribution in [3.63, 3.8) is 0 Å². The predicted molar refractivity (Wildman–Crippen MR) is 41.0 cm³/mol. The van der Waals surface area contributed by atoms with Gasteiger partial charge in [0, 0.05) is 18.3 Å². The fourth-order valence-corrected chi connectivity index (χ4v) is 3.45. The van der Waals surface area contributed by atoms with E-state index >= 15 is 0 Å². The first kappa shape index (κ1) is 5.40. The van der Waals surface area contributed by atoms with Crippen molar-refractivity contribution in [3.05, 3.63) is 12.8 Å². The summed E-state index contributed by atoms with van der Waals surface area (Å²) in [5, 5.41) is 0. The van der Waals surface area contributed by atoms with E-state index in [0.29, 0.717) is 0 Å². The maximum atomic E-state index is 2.59. The van der Waals surface area contributed by atoms with E-state index in [2.05, 4.69) is 12.8 Å². The molecule has 2 bridgehead atoms. The lowest BCUT2D eigenvalue weighted by Crippen LogP contribution is -2.16. The molecule has 0 nitrogen and oxygen atoms in total. The molecule has 4 atom stereocenters. The average Bonchev–Trinajstić information content (AvgIpc) is 2.60. The van der Waals surface area contributed by atoms with Crippen LogP contribution in [0.25, 0.3) is 0 Å². The number of hydrogen-bond donors (Lipinski definition) is 0. The van der Waals surface area contributed by atoms with Crippen LogP contribution in [0.5, 0.6) is 0 Å². The predicted octanol–water partition coefficient (Wildman–Crippen LogP) is 2.46. The van der Waals surface area contributed by atoms with E-state index in [0.717, 1.165) is 23.7 Å². The normalized spacial score (nSPS) is 56.0. The molecule has 3 aliphatic carbocycles. The molecule has 0 radical (unpaired) electrons. The summed E-state index contributed by atoms with van der Waals surface area (Å²) in [4.78, 5) is 0. The first-order valence-electron chi connectivity index (χ1n) is 4.62. The molecule has 52 valence electrons. The molecule has 0 aromatic carbocycles. The minimum Gasteiger partial charge on any atom is -0.00467 e. The van der Waals surface area contributed by atoms with E-state index in [-0.39, 0.29) is 0 Å². The Kier molecular flexibility index (Phi) is 0.898. The molecule has 0 spiro atoms. The molecule has 0 amide bonds. The Morgan fingerprint density at radius 3 is 3.10 bits per heavy atom. The van der Waals surface area contributed by atoms with Gasteiger partial charge in [0.2, 0.25) is 0 Å². The third-order valence-electron chi connectivity index (χ3n) is 3.85. The summed E-state index contributed by atoms with van der Waals surface area (Å²) in [6, 6.07) is 0. The molecule has 3 rings (SSSR count). The lowest BCUT2D eigenvalue weighted by Gasteiger charge is -2.12. The topological polar surface area (TPSA) is 0 Å². The van der Waals surface area contributed by atoms with Crippen molar-refractivity contribution in [2.45, 2.75) is 25.7 Å². The molecule has 0 aliphatic heterocycles. The Morgan fingerprint density at radius 2 is 2.20 bits per heavy atom. The third-order valence-corrected chi connectivity index (χ3v) is 3.85.